The van der Waals surface area contributed by atoms with Gasteiger partial charge in [-0.2, -0.15) is 0 Å². The van der Waals surface area contributed by atoms with E-state index >= 15 is 0 Å². The number of methoxy groups -OCH3 is 2. The number of anilines is 1. The summed E-state index contributed by atoms with van der Waals surface area (Å²) in [5.41, 5.74) is 2.86. The molecule has 30 heavy (non-hydrogen) atoms. The van der Waals surface area contributed by atoms with Crippen molar-refractivity contribution in [1.82, 2.24) is 0 Å². The summed E-state index contributed by atoms with van der Waals surface area (Å²) in [6.45, 7) is 1.91. The number of ether oxygens (including phenoxy) is 2. The maximum absolute atomic E-state index is 12.5. The van der Waals surface area contributed by atoms with Gasteiger partial charge in [0.1, 0.15) is 0 Å². The van der Waals surface area contributed by atoms with Crippen molar-refractivity contribution in [3.8, 4) is 11.5 Å². The Labute approximate surface area is 180 Å². The van der Waals surface area contributed by atoms with E-state index in [0.717, 1.165) is 10.5 Å². The number of hydrogen-bond acceptors (Lipinski definition) is 5. The minimum absolute atomic E-state index is 0.00196. The van der Waals surface area contributed by atoms with Crippen molar-refractivity contribution >= 4 is 29.1 Å². The Morgan fingerprint density at radius 3 is 2.27 bits per heavy atom. The zero-order valence-electron chi connectivity index (χ0n) is 17.1. The fourth-order valence-corrected chi connectivity index (χ4v) is 3.70. The molecule has 3 aromatic carbocycles. The normalized spacial score (nSPS) is 10.4. The van der Waals surface area contributed by atoms with Gasteiger partial charge in [0.15, 0.2) is 17.3 Å². The third-order valence-corrected chi connectivity index (χ3v) is 5.59. The Hall–Kier alpha value is -3.25. The molecule has 0 fully saturated rings. The first-order valence-electron chi connectivity index (χ1n) is 9.37. The van der Waals surface area contributed by atoms with Crippen LogP contribution in [0, 0.1) is 6.92 Å². The number of amides is 1. The van der Waals surface area contributed by atoms with E-state index in [1.54, 1.807) is 38.5 Å². The van der Waals surface area contributed by atoms with E-state index in [4.69, 9.17) is 9.47 Å². The van der Waals surface area contributed by atoms with Crippen LogP contribution in [0.1, 0.15) is 26.3 Å². The summed E-state index contributed by atoms with van der Waals surface area (Å²) in [6, 6.07) is 20.0. The Balaban J connectivity index is 1.59. The average Bonchev–Trinajstić information content (AvgIpc) is 2.78. The van der Waals surface area contributed by atoms with Crippen molar-refractivity contribution < 1.29 is 19.1 Å². The lowest BCUT2D eigenvalue weighted by Gasteiger charge is -2.09. The van der Waals surface area contributed by atoms with Crippen LogP contribution in [0.4, 0.5) is 5.69 Å². The van der Waals surface area contributed by atoms with E-state index in [1.165, 1.54) is 11.8 Å². The SMILES string of the molecule is COc1ccc(C(=O)CSc2ccc(NC(=O)c3ccccc3C)cc2)cc1OC. The van der Waals surface area contributed by atoms with Crippen molar-refractivity contribution in [3.63, 3.8) is 0 Å². The molecule has 0 aliphatic rings. The van der Waals surface area contributed by atoms with Gasteiger partial charge in [0, 0.05) is 21.7 Å². The summed E-state index contributed by atoms with van der Waals surface area (Å²) in [4.78, 5) is 25.9. The quantitative estimate of drug-likeness (QED) is 0.398. The molecule has 0 heterocycles. The minimum atomic E-state index is -0.142. The van der Waals surface area contributed by atoms with Crippen LogP contribution in [0.3, 0.4) is 0 Å². The molecule has 0 aliphatic heterocycles. The smallest absolute Gasteiger partial charge is 0.255 e. The molecule has 0 aliphatic carbocycles. The lowest BCUT2D eigenvalue weighted by atomic mass is 10.1. The first-order chi connectivity index (χ1) is 14.5. The van der Waals surface area contributed by atoms with Crippen molar-refractivity contribution in [2.75, 3.05) is 25.3 Å². The molecule has 3 aromatic rings. The summed E-state index contributed by atoms with van der Waals surface area (Å²) < 4.78 is 10.5. The molecule has 1 N–H and O–H groups in total. The topological polar surface area (TPSA) is 64.6 Å². The monoisotopic (exact) mass is 421 g/mol. The fraction of sp³-hybridized carbons (Fsp3) is 0.167. The molecule has 6 heteroatoms. The van der Waals surface area contributed by atoms with Crippen LogP contribution in [0.5, 0.6) is 11.5 Å². The molecule has 0 spiro atoms. The van der Waals surface area contributed by atoms with Crippen molar-refractivity contribution in [1.29, 1.82) is 0 Å². The molecule has 0 bridgehead atoms. The van der Waals surface area contributed by atoms with Gasteiger partial charge >= 0.3 is 0 Å². The van der Waals surface area contributed by atoms with Crippen LogP contribution < -0.4 is 14.8 Å². The van der Waals surface area contributed by atoms with E-state index in [9.17, 15) is 9.59 Å². The van der Waals surface area contributed by atoms with Crippen LogP contribution in [0.2, 0.25) is 0 Å². The largest absolute Gasteiger partial charge is 0.493 e. The van der Waals surface area contributed by atoms with Gasteiger partial charge in [0.25, 0.3) is 5.91 Å². The summed E-state index contributed by atoms with van der Waals surface area (Å²) in [6.07, 6.45) is 0. The summed E-state index contributed by atoms with van der Waals surface area (Å²) in [5.74, 6) is 1.27. The number of nitrogens with one attached hydrogen (secondary N) is 1. The van der Waals surface area contributed by atoms with Gasteiger partial charge < -0.3 is 14.8 Å². The molecule has 0 saturated heterocycles. The summed E-state index contributed by atoms with van der Waals surface area (Å²) >= 11 is 1.44. The highest BCUT2D eigenvalue weighted by Gasteiger charge is 2.12. The van der Waals surface area contributed by atoms with E-state index in [0.29, 0.717) is 34.1 Å². The third kappa shape index (κ3) is 5.21. The highest BCUT2D eigenvalue weighted by molar-refractivity contribution is 8.00. The number of rotatable bonds is 8. The van der Waals surface area contributed by atoms with E-state index in [-0.39, 0.29) is 11.7 Å². The van der Waals surface area contributed by atoms with Crippen LogP contribution in [0.15, 0.2) is 71.6 Å². The first kappa shape index (κ1) is 21.5. The van der Waals surface area contributed by atoms with Crippen molar-refractivity contribution in [2.45, 2.75) is 11.8 Å². The predicted octanol–water partition coefficient (Wildman–Crippen LogP) is 5.24. The Kier molecular flexibility index (Phi) is 7.14. The van der Waals surface area contributed by atoms with Crippen LogP contribution >= 0.6 is 11.8 Å². The van der Waals surface area contributed by atoms with Gasteiger partial charge in [-0.1, -0.05) is 18.2 Å². The van der Waals surface area contributed by atoms with E-state index < -0.39 is 0 Å². The molecule has 0 saturated carbocycles. The second-order valence-corrected chi connectivity index (χ2v) is 7.62. The van der Waals surface area contributed by atoms with Crippen LogP contribution in [-0.2, 0) is 0 Å². The first-order valence-corrected chi connectivity index (χ1v) is 10.4. The highest BCUT2D eigenvalue weighted by Crippen LogP contribution is 2.29. The molecule has 1 amide bonds. The van der Waals surface area contributed by atoms with Crippen molar-refractivity contribution in [3.05, 3.63) is 83.4 Å². The fourth-order valence-electron chi connectivity index (χ4n) is 2.90. The van der Waals surface area contributed by atoms with Gasteiger partial charge in [0.05, 0.1) is 20.0 Å². The number of hydrogen-bond donors (Lipinski definition) is 1. The standard InChI is InChI=1S/C24H23NO4S/c1-16-6-4-5-7-20(16)24(27)25-18-9-11-19(12-10-18)30-15-21(26)17-8-13-22(28-2)23(14-17)29-3/h4-14H,15H2,1-3H3,(H,25,27). The molecular weight excluding hydrogens is 398 g/mol. The van der Waals surface area contributed by atoms with Crippen LogP contribution in [-0.4, -0.2) is 31.7 Å². The number of ketones is 1. The van der Waals surface area contributed by atoms with Gasteiger partial charge in [-0.05, 0) is 61.0 Å². The van der Waals surface area contributed by atoms with E-state index in [1.807, 2.05) is 49.4 Å². The third-order valence-electron chi connectivity index (χ3n) is 4.58. The van der Waals surface area contributed by atoms with Crippen molar-refractivity contribution in [2.24, 2.45) is 0 Å². The number of aryl methyl sites for hydroxylation is 1. The molecule has 0 unspecified atom stereocenters. The lowest BCUT2D eigenvalue weighted by molar-refractivity contribution is 0.101. The molecule has 3 rings (SSSR count). The molecule has 0 atom stereocenters. The summed E-state index contributed by atoms with van der Waals surface area (Å²) in [7, 11) is 3.10. The molecule has 5 nitrogen and oxygen atoms in total. The maximum Gasteiger partial charge on any atom is 0.255 e. The molecule has 0 radical (unpaired) electrons. The van der Waals surface area contributed by atoms with Gasteiger partial charge in [-0.25, -0.2) is 0 Å². The zero-order valence-corrected chi connectivity index (χ0v) is 17.9. The minimum Gasteiger partial charge on any atom is -0.493 e. The zero-order chi connectivity index (χ0) is 21.5. The number of benzene rings is 3. The average molecular weight is 422 g/mol. The van der Waals surface area contributed by atoms with E-state index in [2.05, 4.69) is 5.32 Å². The number of thioether (sulfide) groups is 1. The predicted molar refractivity (Wildman–Crippen MR) is 120 cm³/mol. The Morgan fingerprint density at radius 1 is 0.900 bits per heavy atom. The number of carbonyl (C=O) groups excluding carboxylic acids is 2. The summed E-state index contributed by atoms with van der Waals surface area (Å²) in [5, 5.41) is 2.90. The van der Waals surface area contributed by atoms with Crippen LogP contribution in [0.25, 0.3) is 0 Å². The Bertz CT molecular complexity index is 1050. The number of carbonyl (C=O) groups is 2. The molecular formula is C24H23NO4S. The molecule has 154 valence electrons. The second-order valence-electron chi connectivity index (χ2n) is 6.58. The van der Waals surface area contributed by atoms with Gasteiger partial charge in [-0.15, -0.1) is 11.8 Å². The lowest BCUT2D eigenvalue weighted by Crippen LogP contribution is -2.13. The van der Waals surface area contributed by atoms with Gasteiger partial charge in [0.2, 0.25) is 0 Å². The highest BCUT2D eigenvalue weighted by atomic mass is 32.2. The van der Waals surface area contributed by atoms with Gasteiger partial charge in [-0.3, -0.25) is 9.59 Å². The maximum atomic E-state index is 12.5. The Morgan fingerprint density at radius 2 is 1.60 bits per heavy atom. The number of Topliss-reactive ketones (excluding diaryl/α,β-unsaturated/α-hetero) is 1. The second kappa shape index (κ2) is 9.98. The molecule has 0 aromatic heterocycles.